The van der Waals surface area contributed by atoms with Crippen molar-refractivity contribution in [1.82, 2.24) is 0 Å². The molecule has 0 heterocycles. The molecule has 1 atom stereocenters. The molecule has 0 saturated heterocycles. The fourth-order valence-corrected chi connectivity index (χ4v) is 2.07. The molecule has 0 spiro atoms. The van der Waals surface area contributed by atoms with Gasteiger partial charge in [-0.1, -0.05) is 6.92 Å². The van der Waals surface area contributed by atoms with Crippen molar-refractivity contribution >= 4 is 17.5 Å². The van der Waals surface area contributed by atoms with Gasteiger partial charge in [0, 0.05) is 22.3 Å². The molecule has 1 aliphatic carbocycles. The van der Waals surface area contributed by atoms with E-state index < -0.39 is 11.9 Å². The lowest BCUT2D eigenvalue weighted by atomic mass is 9.80. The van der Waals surface area contributed by atoms with Gasteiger partial charge in [0.15, 0.2) is 11.6 Å². The molecule has 0 bridgehead atoms. The zero-order valence-electron chi connectivity index (χ0n) is 10.5. The highest BCUT2D eigenvalue weighted by Crippen LogP contribution is 2.30. The Morgan fingerprint density at radius 1 is 1.06 bits per heavy atom. The number of carboxylic acid groups (broad SMARTS) is 1. The summed E-state index contributed by atoms with van der Waals surface area (Å²) >= 11 is 0. The molecule has 0 aromatic heterocycles. The van der Waals surface area contributed by atoms with Crippen LogP contribution in [-0.2, 0) is 14.4 Å². The number of Topliss-reactive ketones (excluding diaryl/α,β-unsaturated/α-hetero) is 2. The molecule has 1 aliphatic rings. The van der Waals surface area contributed by atoms with Crippen LogP contribution < -0.4 is 0 Å². The number of aliphatic carboxylic acids is 1. The number of rotatable bonds is 3. The highest BCUT2D eigenvalue weighted by atomic mass is 16.4. The van der Waals surface area contributed by atoms with E-state index in [9.17, 15) is 14.4 Å². The van der Waals surface area contributed by atoms with E-state index >= 15 is 0 Å². The molecular weight excluding hydrogens is 220 g/mol. The summed E-state index contributed by atoms with van der Waals surface area (Å²) in [6.07, 6.45) is -0.141. The first-order valence-corrected chi connectivity index (χ1v) is 5.46. The third-order valence-electron chi connectivity index (χ3n) is 3.21. The molecular formula is C13H16O4. The molecule has 17 heavy (non-hydrogen) atoms. The van der Waals surface area contributed by atoms with Gasteiger partial charge in [-0.2, -0.15) is 0 Å². The van der Waals surface area contributed by atoms with E-state index in [2.05, 4.69) is 0 Å². The number of carboxylic acids is 1. The van der Waals surface area contributed by atoms with Crippen molar-refractivity contribution < 1.29 is 19.5 Å². The maximum absolute atomic E-state index is 12.1. The highest BCUT2D eigenvalue weighted by molar-refractivity contribution is 6.24. The van der Waals surface area contributed by atoms with Gasteiger partial charge < -0.3 is 5.11 Å². The van der Waals surface area contributed by atoms with E-state index in [1.165, 1.54) is 0 Å². The first-order chi connectivity index (χ1) is 7.77. The quantitative estimate of drug-likeness (QED) is 0.760. The van der Waals surface area contributed by atoms with Crippen molar-refractivity contribution in [2.45, 2.75) is 34.1 Å². The Labute approximate surface area is 100 Å². The zero-order chi connectivity index (χ0) is 13.3. The molecule has 4 heteroatoms. The van der Waals surface area contributed by atoms with Crippen LogP contribution in [0.1, 0.15) is 34.1 Å². The van der Waals surface area contributed by atoms with Gasteiger partial charge in [-0.3, -0.25) is 14.4 Å². The summed E-state index contributed by atoms with van der Waals surface area (Å²) in [7, 11) is 0. The van der Waals surface area contributed by atoms with Crippen LogP contribution in [0.4, 0.5) is 0 Å². The first kappa shape index (κ1) is 13.4. The minimum absolute atomic E-state index is 0.141. The maximum Gasteiger partial charge on any atom is 0.303 e. The Hall–Kier alpha value is -1.71. The average Bonchev–Trinajstić information content (AvgIpc) is 2.23. The second-order valence-electron chi connectivity index (χ2n) is 4.45. The van der Waals surface area contributed by atoms with E-state index in [0.717, 1.165) is 0 Å². The molecule has 1 N–H and O–H groups in total. The van der Waals surface area contributed by atoms with Gasteiger partial charge in [-0.05, 0) is 26.7 Å². The van der Waals surface area contributed by atoms with Crippen molar-refractivity contribution in [2.75, 3.05) is 0 Å². The van der Waals surface area contributed by atoms with Crippen LogP contribution in [0, 0.1) is 5.92 Å². The van der Waals surface area contributed by atoms with Crippen LogP contribution in [-0.4, -0.2) is 22.6 Å². The summed E-state index contributed by atoms with van der Waals surface area (Å²) in [6.45, 7) is 6.48. The molecule has 0 aromatic rings. The molecule has 4 nitrogen and oxygen atoms in total. The monoisotopic (exact) mass is 236 g/mol. The van der Waals surface area contributed by atoms with Gasteiger partial charge >= 0.3 is 5.97 Å². The number of ketones is 2. The summed E-state index contributed by atoms with van der Waals surface area (Å²) < 4.78 is 0. The number of carbonyl (C=O) groups excluding carboxylic acids is 2. The predicted molar refractivity (Wildman–Crippen MR) is 62.5 cm³/mol. The second-order valence-corrected chi connectivity index (χ2v) is 4.45. The van der Waals surface area contributed by atoms with E-state index in [1.807, 2.05) is 0 Å². The van der Waals surface area contributed by atoms with Crippen molar-refractivity contribution in [3.8, 4) is 0 Å². The van der Waals surface area contributed by atoms with Crippen molar-refractivity contribution in [3.05, 3.63) is 22.3 Å². The lowest BCUT2D eigenvalue weighted by Crippen LogP contribution is -2.25. The smallest absolute Gasteiger partial charge is 0.303 e. The van der Waals surface area contributed by atoms with Crippen LogP contribution in [0.2, 0.25) is 0 Å². The van der Waals surface area contributed by atoms with Crippen LogP contribution in [0.5, 0.6) is 0 Å². The molecule has 0 fully saturated rings. The van der Waals surface area contributed by atoms with E-state index in [-0.39, 0.29) is 18.0 Å². The van der Waals surface area contributed by atoms with Gasteiger partial charge in [0.25, 0.3) is 0 Å². The van der Waals surface area contributed by atoms with Crippen molar-refractivity contribution in [1.29, 1.82) is 0 Å². The molecule has 0 radical (unpaired) electrons. The molecule has 92 valence electrons. The lowest BCUT2D eigenvalue weighted by Gasteiger charge is -2.22. The molecule has 1 rings (SSSR count). The Kier molecular flexibility index (Phi) is 3.66. The van der Waals surface area contributed by atoms with Crippen LogP contribution in [0.25, 0.3) is 0 Å². The van der Waals surface area contributed by atoms with Gasteiger partial charge in [0.05, 0.1) is 6.42 Å². The number of hydrogen-bond donors (Lipinski definition) is 1. The largest absolute Gasteiger partial charge is 0.481 e. The minimum atomic E-state index is -0.970. The van der Waals surface area contributed by atoms with Gasteiger partial charge in [0.1, 0.15) is 0 Å². The number of allylic oxidation sites excluding steroid dienone is 4. The summed E-state index contributed by atoms with van der Waals surface area (Å²) in [6, 6.07) is 0. The Balaban J connectivity index is 3.19. The molecule has 0 saturated carbocycles. The van der Waals surface area contributed by atoms with Crippen LogP contribution in [0.3, 0.4) is 0 Å². The normalized spacial score (nSPS) is 18.8. The lowest BCUT2D eigenvalue weighted by molar-refractivity contribution is -0.137. The van der Waals surface area contributed by atoms with E-state index in [4.69, 9.17) is 5.11 Å². The maximum atomic E-state index is 12.1. The Morgan fingerprint density at radius 3 is 2.00 bits per heavy atom. The highest BCUT2D eigenvalue weighted by Gasteiger charge is 2.31. The molecule has 0 aliphatic heterocycles. The summed E-state index contributed by atoms with van der Waals surface area (Å²) in [5, 5.41) is 8.74. The third kappa shape index (κ3) is 2.35. The fourth-order valence-electron chi connectivity index (χ4n) is 2.07. The molecule has 0 aromatic carbocycles. The van der Waals surface area contributed by atoms with E-state index in [1.54, 1.807) is 27.7 Å². The summed E-state index contributed by atoms with van der Waals surface area (Å²) in [5.41, 5.74) is 1.61. The molecule has 1 unspecified atom stereocenters. The molecule has 0 amide bonds. The minimum Gasteiger partial charge on any atom is -0.481 e. The number of hydrogen-bond acceptors (Lipinski definition) is 3. The third-order valence-corrected chi connectivity index (χ3v) is 3.21. The standard InChI is InChI=1S/C13H16O4/c1-6(5-10(14)15)11-9(4)12(16)7(2)8(3)13(11)17/h6H,5H2,1-4H3,(H,14,15). The summed E-state index contributed by atoms with van der Waals surface area (Å²) in [5.74, 6) is -1.77. The van der Waals surface area contributed by atoms with Gasteiger partial charge in [0.2, 0.25) is 0 Å². The van der Waals surface area contributed by atoms with Gasteiger partial charge in [-0.15, -0.1) is 0 Å². The SMILES string of the molecule is CC1=C(C)C(=O)C(C(C)CC(=O)O)=C(C)C1=O. The first-order valence-electron chi connectivity index (χ1n) is 5.46. The number of carbonyl (C=O) groups is 3. The van der Waals surface area contributed by atoms with Gasteiger partial charge in [-0.25, -0.2) is 0 Å². The topological polar surface area (TPSA) is 71.4 Å². The second kappa shape index (κ2) is 4.65. The average molecular weight is 236 g/mol. The van der Waals surface area contributed by atoms with Crippen molar-refractivity contribution in [3.63, 3.8) is 0 Å². The van der Waals surface area contributed by atoms with Crippen LogP contribution in [0.15, 0.2) is 22.3 Å². The summed E-state index contributed by atoms with van der Waals surface area (Å²) in [4.78, 5) is 34.6. The Morgan fingerprint density at radius 2 is 1.53 bits per heavy atom. The van der Waals surface area contributed by atoms with E-state index in [0.29, 0.717) is 22.3 Å². The van der Waals surface area contributed by atoms with Crippen molar-refractivity contribution in [2.24, 2.45) is 5.92 Å². The Bertz CT molecular complexity index is 466. The fraction of sp³-hybridized carbons (Fsp3) is 0.462. The predicted octanol–water partition coefficient (Wildman–Crippen LogP) is 1.90. The van der Waals surface area contributed by atoms with Crippen LogP contribution >= 0.6 is 0 Å². The zero-order valence-corrected chi connectivity index (χ0v) is 10.5.